The highest BCUT2D eigenvalue weighted by Crippen LogP contribution is 2.33. The number of hydrogen-bond acceptors (Lipinski definition) is 5. The van der Waals surface area contributed by atoms with Gasteiger partial charge in [0.15, 0.2) is 17.1 Å². The van der Waals surface area contributed by atoms with Crippen molar-refractivity contribution in [2.24, 2.45) is 0 Å². The molecular formula is C16H16N4O3. The van der Waals surface area contributed by atoms with Crippen LogP contribution in [0.5, 0.6) is 11.5 Å². The van der Waals surface area contributed by atoms with Crippen LogP contribution in [0.25, 0.3) is 5.65 Å². The van der Waals surface area contributed by atoms with Crippen molar-refractivity contribution in [3.63, 3.8) is 0 Å². The number of anilines is 1. The van der Waals surface area contributed by atoms with Crippen molar-refractivity contribution in [1.29, 1.82) is 0 Å². The molecule has 23 heavy (non-hydrogen) atoms. The SMILES string of the molecule is COc1cc(C)c(NC(=O)c2cnn3cccnc23)cc1OC. The highest BCUT2D eigenvalue weighted by Gasteiger charge is 2.16. The first-order valence-corrected chi connectivity index (χ1v) is 6.96. The third-order valence-electron chi connectivity index (χ3n) is 3.50. The third kappa shape index (κ3) is 2.68. The lowest BCUT2D eigenvalue weighted by Crippen LogP contribution is -2.13. The summed E-state index contributed by atoms with van der Waals surface area (Å²) < 4.78 is 12.1. The fourth-order valence-electron chi connectivity index (χ4n) is 2.29. The number of nitrogens with zero attached hydrogens (tertiary/aromatic N) is 3. The summed E-state index contributed by atoms with van der Waals surface area (Å²) in [5.74, 6) is 0.876. The lowest BCUT2D eigenvalue weighted by molar-refractivity contribution is 0.102. The van der Waals surface area contributed by atoms with Gasteiger partial charge in [-0.2, -0.15) is 5.10 Å². The second kappa shape index (κ2) is 5.96. The molecule has 0 aliphatic heterocycles. The van der Waals surface area contributed by atoms with E-state index in [-0.39, 0.29) is 5.91 Å². The normalized spacial score (nSPS) is 10.6. The molecule has 7 heteroatoms. The number of amides is 1. The minimum atomic E-state index is -0.283. The Morgan fingerprint density at radius 3 is 2.70 bits per heavy atom. The Balaban J connectivity index is 1.94. The number of carbonyl (C=O) groups excluding carboxylic acids is 1. The van der Waals surface area contributed by atoms with E-state index in [4.69, 9.17) is 9.47 Å². The predicted octanol–water partition coefficient (Wildman–Crippen LogP) is 2.31. The second-order valence-corrected chi connectivity index (χ2v) is 4.92. The van der Waals surface area contributed by atoms with Crippen LogP contribution in [0.3, 0.4) is 0 Å². The third-order valence-corrected chi connectivity index (χ3v) is 3.50. The fraction of sp³-hybridized carbons (Fsp3) is 0.188. The summed E-state index contributed by atoms with van der Waals surface area (Å²) in [7, 11) is 3.12. The van der Waals surface area contributed by atoms with Gasteiger partial charge in [-0.3, -0.25) is 4.79 Å². The Hall–Kier alpha value is -3.09. The van der Waals surface area contributed by atoms with Crippen LogP contribution in [0.4, 0.5) is 5.69 Å². The number of hydrogen-bond donors (Lipinski definition) is 1. The van der Waals surface area contributed by atoms with E-state index in [0.717, 1.165) is 5.56 Å². The lowest BCUT2D eigenvalue weighted by atomic mass is 10.1. The number of rotatable bonds is 4. The number of nitrogens with one attached hydrogen (secondary N) is 1. The molecule has 0 bridgehead atoms. The molecule has 0 radical (unpaired) electrons. The maximum absolute atomic E-state index is 12.5. The average molecular weight is 312 g/mol. The molecule has 3 rings (SSSR count). The van der Waals surface area contributed by atoms with Gasteiger partial charge in [-0.25, -0.2) is 9.50 Å². The van der Waals surface area contributed by atoms with E-state index >= 15 is 0 Å². The molecule has 2 aromatic heterocycles. The molecule has 1 aromatic carbocycles. The second-order valence-electron chi connectivity index (χ2n) is 4.92. The Morgan fingerprint density at radius 1 is 1.22 bits per heavy atom. The standard InChI is InChI=1S/C16H16N4O3/c1-10-7-13(22-2)14(23-3)8-12(10)19-16(21)11-9-18-20-6-4-5-17-15(11)20/h4-9H,1-3H3,(H,19,21). The van der Waals surface area contributed by atoms with Gasteiger partial charge in [0.25, 0.3) is 5.91 Å². The number of fused-ring (bicyclic) bond motifs is 1. The van der Waals surface area contributed by atoms with Gasteiger partial charge in [-0.1, -0.05) is 0 Å². The van der Waals surface area contributed by atoms with Gasteiger partial charge in [0, 0.05) is 24.1 Å². The van der Waals surface area contributed by atoms with E-state index < -0.39 is 0 Å². The first-order valence-electron chi connectivity index (χ1n) is 6.96. The van der Waals surface area contributed by atoms with Crippen molar-refractivity contribution in [1.82, 2.24) is 14.6 Å². The van der Waals surface area contributed by atoms with Crippen LogP contribution in [0, 0.1) is 6.92 Å². The zero-order valence-corrected chi connectivity index (χ0v) is 13.0. The summed E-state index contributed by atoms with van der Waals surface area (Å²) in [4.78, 5) is 16.7. The Labute approximate surface area is 132 Å². The Bertz CT molecular complexity index is 873. The average Bonchev–Trinajstić information content (AvgIpc) is 3.00. The molecule has 2 heterocycles. The van der Waals surface area contributed by atoms with Crippen molar-refractivity contribution in [3.8, 4) is 11.5 Å². The summed E-state index contributed by atoms with van der Waals surface area (Å²) in [5, 5.41) is 6.98. The van der Waals surface area contributed by atoms with Gasteiger partial charge >= 0.3 is 0 Å². The molecular weight excluding hydrogens is 296 g/mol. The minimum Gasteiger partial charge on any atom is -0.493 e. The molecule has 0 saturated carbocycles. The zero-order chi connectivity index (χ0) is 16.4. The highest BCUT2D eigenvalue weighted by molar-refractivity contribution is 6.08. The van der Waals surface area contributed by atoms with Crippen molar-refractivity contribution < 1.29 is 14.3 Å². The van der Waals surface area contributed by atoms with Crippen LogP contribution >= 0.6 is 0 Å². The summed E-state index contributed by atoms with van der Waals surface area (Å²) in [6.07, 6.45) is 4.85. The molecule has 0 atom stereocenters. The summed E-state index contributed by atoms with van der Waals surface area (Å²) in [5.41, 5.74) is 2.41. The lowest BCUT2D eigenvalue weighted by Gasteiger charge is -2.13. The van der Waals surface area contributed by atoms with Gasteiger partial charge in [-0.15, -0.1) is 0 Å². The molecule has 1 N–H and O–H groups in total. The van der Waals surface area contributed by atoms with E-state index in [9.17, 15) is 4.79 Å². The Morgan fingerprint density at radius 2 is 1.96 bits per heavy atom. The maximum Gasteiger partial charge on any atom is 0.261 e. The molecule has 0 unspecified atom stereocenters. The van der Waals surface area contributed by atoms with Crippen LogP contribution in [-0.2, 0) is 0 Å². The highest BCUT2D eigenvalue weighted by atomic mass is 16.5. The van der Waals surface area contributed by atoms with Gasteiger partial charge in [0.05, 0.1) is 20.4 Å². The first kappa shape index (κ1) is 14.8. The van der Waals surface area contributed by atoms with Crippen LogP contribution in [-0.4, -0.2) is 34.7 Å². The van der Waals surface area contributed by atoms with Gasteiger partial charge in [0.1, 0.15) is 5.56 Å². The predicted molar refractivity (Wildman–Crippen MR) is 85.2 cm³/mol. The Kier molecular flexibility index (Phi) is 3.84. The number of methoxy groups -OCH3 is 2. The van der Waals surface area contributed by atoms with Gasteiger partial charge < -0.3 is 14.8 Å². The van der Waals surface area contributed by atoms with Crippen molar-refractivity contribution >= 4 is 17.2 Å². The van der Waals surface area contributed by atoms with Crippen molar-refractivity contribution in [2.75, 3.05) is 19.5 Å². The van der Waals surface area contributed by atoms with E-state index in [1.165, 1.54) is 6.20 Å². The molecule has 7 nitrogen and oxygen atoms in total. The number of ether oxygens (including phenoxy) is 2. The van der Waals surface area contributed by atoms with Crippen LogP contribution in [0.15, 0.2) is 36.8 Å². The van der Waals surface area contributed by atoms with Crippen molar-refractivity contribution in [3.05, 3.63) is 47.9 Å². The van der Waals surface area contributed by atoms with E-state index in [2.05, 4.69) is 15.4 Å². The maximum atomic E-state index is 12.5. The molecule has 1 amide bonds. The largest absolute Gasteiger partial charge is 0.493 e. The molecule has 0 fully saturated rings. The van der Waals surface area contributed by atoms with E-state index in [0.29, 0.717) is 28.4 Å². The molecule has 0 aliphatic carbocycles. The van der Waals surface area contributed by atoms with Crippen LogP contribution < -0.4 is 14.8 Å². The molecule has 0 saturated heterocycles. The van der Waals surface area contributed by atoms with Gasteiger partial charge in [-0.05, 0) is 24.6 Å². The quantitative estimate of drug-likeness (QED) is 0.800. The topological polar surface area (TPSA) is 77.8 Å². The molecule has 0 aliphatic rings. The number of aromatic nitrogens is 3. The van der Waals surface area contributed by atoms with E-state index in [1.54, 1.807) is 43.3 Å². The minimum absolute atomic E-state index is 0.283. The van der Waals surface area contributed by atoms with Crippen LogP contribution in [0.1, 0.15) is 15.9 Å². The van der Waals surface area contributed by atoms with Crippen molar-refractivity contribution in [2.45, 2.75) is 6.92 Å². The first-order chi connectivity index (χ1) is 11.1. The summed E-state index contributed by atoms with van der Waals surface area (Å²) in [6, 6.07) is 5.29. The molecule has 118 valence electrons. The summed E-state index contributed by atoms with van der Waals surface area (Å²) in [6.45, 7) is 1.88. The smallest absolute Gasteiger partial charge is 0.261 e. The number of benzene rings is 1. The summed E-state index contributed by atoms with van der Waals surface area (Å²) >= 11 is 0. The van der Waals surface area contributed by atoms with Crippen LogP contribution in [0.2, 0.25) is 0 Å². The van der Waals surface area contributed by atoms with E-state index in [1.807, 2.05) is 13.0 Å². The van der Waals surface area contributed by atoms with Gasteiger partial charge in [0.2, 0.25) is 0 Å². The number of carbonyl (C=O) groups is 1. The fourth-order valence-corrected chi connectivity index (χ4v) is 2.29. The zero-order valence-electron chi connectivity index (χ0n) is 13.0. The monoisotopic (exact) mass is 312 g/mol. The molecule has 3 aromatic rings. The number of aryl methyl sites for hydroxylation is 1. The molecule has 0 spiro atoms.